The maximum Gasteiger partial charge on any atom is 0.318 e. The molecule has 118 valence electrons. The summed E-state index contributed by atoms with van der Waals surface area (Å²) in [5, 5.41) is 14.2. The number of carboxylic acid groups (broad SMARTS) is 1. The molecule has 2 fully saturated rings. The van der Waals surface area contributed by atoms with E-state index in [4.69, 9.17) is 9.84 Å². The molecule has 2 heterocycles. The molecule has 8 nitrogen and oxygen atoms in total. The van der Waals surface area contributed by atoms with Crippen LogP contribution in [0.5, 0.6) is 0 Å². The number of hydrogen-bond donors (Lipinski definition) is 3. The van der Waals surface area contributed by atoms with Crippen LogP contribution in [0, 0.1) is 0 Å². The molecule has 2 aliphatic heterocycles. The van der Waals surface area contributed by atoms with E-state index in [1.807, 2.05) is 0 Å². The quantitative estimate of drug-likeness (QED) is 0.651. The lowest BCUT2D eigenvalue weighted by Gasteiger charge is -2.34. The first-order valence-electron chi connectivity index (χ1n) is 7.23. The Morgan fingerprint density at radius 3 is 2.90 bits per heavy atom. The van der Waals surface area contributed by atoms with E-state index in [9.17, 15) is 14.4 Å². The van der Waals surface area contributed by atoms with Crippen molar-refractivity contribution in [1.29, 1.82) is 0 Å². The number of aliphatic carboxylic acids is 1. The zero-order valence-electron chi connectivity index (χ0n) is 11.8. The molecule has 0 bridgehead atoms. The second kappa shape index (κ2) is 7.26. The molecule has 0 aromatic carbocycles. The van der Waals surface area contributed by atoms with E-state index in [-0.39, 0.29) is 12.5 Å². The Morgan fingerprint density at radius 2 is 2.24 bits per heavy atom. The van der Waals surface area contributed by atoms with Gasteiger partial charge in [-0.25, -0.2) is 4.79 Å². The van der Waals surface area contributed by atoms with Crippen molar-refractivity contribution in [2.45, 2.75) is 37.8 Å². The summed E-state index contributed by atoms with van der Waals surface area (Å²) in [7, 11) is 0. The Labute approximate surface area is 122 Å². The molecule has 2 rings (SSSR count). The van der Waals surface area contributed by atoms with Gasteiger partial charge >= 0.3 is 12.0 Å². The van der Waals surface area contributed by atoms with E-state index in [0.29, 0.717) is 26.2 Å². The first kappa shape index (κ1) is 15.6. The van der Waals surface area contributed by atoms with Crippen molar-refractivity contribution >= 4 is 17.9 Å². The monoisotopic (exact) mass is 299 g/mol. The van der Waals surface area contributed by atoms with Gasteiger partial charge in [0.2, 0.25) is 5.91 Å². The van der Waals surface area contributed by atoms with E-state index in [1.54, 1.807) is 0 Å². The van der Waals surface area contributed by atoms with Crippen LogP contribution < -0.4 is 10.6 Å². The van der Waals surface area contributed by atoms with Gasteiger partial charge in [0.15, 0.2) is 0 Å². The number of nitrogens with zero attached hydrogens (tertiary/aromatic N) is 1. The van der Waals surface area contributed by atoms with E-state index < -0.39 is 23.9 Å². The van der Waals surface area contributed by atoms with Gasteiger partial charge in [-0.1, -0.05) is 0 Å². The predicted octanol–water partition coefficient (Wildman–Crippen LogP) is -0.460. The number of rotatable bonds is 4. The number of amides is 3. The topological polar surface area (TPSA) is 108 Å². The third kappa shape index (κ3) is 4.32. The summed E-state index contributed by atoms with van der Waals surface area (Å²) in [4.78, 5) is 36.0. The van der Waals surface area contributed by atoms with Gasteiger partial charge in [0.05, 0.1) is 12.5 Å². The van der Waals surface area contributed by atoms with E-state index in [0.717, 1.165) is 19.3 Å². The number of nitrogens with one attached hydrogen (secondary N) is 2. The minimum Gasteiger partial charge on any atom is -0.481 e. The molecule has 2 unspecified atom stereocenters. The average molecular weight is 299 g/mol. The van der Waals surface area contributed by atoms with E-state index in [1.165, 1.54) is 4.90 Å². The van der Waals surface area contributed by atoms with Crippen LogP contribution in [0.3, 0.4) is 0 Å². The fraction of sp³-hybridized carbons (Fsp3) is 0.769. The molecule has 0 saturated carbocycles. The average Bonchev–Trinajstić information content (AvgIpc) is 2.47. The number of carbonyl (C=O) groups is 3. The van der Waals surface area contributed by atoms with Crippen LogP contribution in [0.15, 0.2) is 0 Å². The maximum absolute atomic E-state index is 12.2. The van der Waals surface area contributed by atoms with Crippen LogP contribution in [-0.2, 0) is 14.3 Å². The van der Waals surface area contributed by atoms with Crippen molar-refractivity contribution < 1.29 is 24.2 Å². The molecule has 0 spiro atoms. The molecule has 0 aliphatic carbocycles. The van der Waals surface area contributed by atoms with Gasteiger partial charge in [0.1, 0.15) is 6.04 Å². The molecule has 21 heavy (non-hydrogen) atoms. The highest BCUT2D eigenvalue weighted by Gasteiger charge is 2.34. The molecular weight excluding hydrogens is 278 g/mol. The zero-order valence-corrected chi connectivity index (χ0v) is 11.8. The number of urea groups is 1. The number of ether oxygens (including phenoxy) is 1. The van der Waals surface area contributed by atoms with E-state index in [2.05, 4.69) is 10.6 Å². The van der Waals surface area contributed by atoms with E-state index >= 15 is 0 Å². The normalized spacial score (nSPS) is 26.1. The zero-order chi connectivity index (χ0) is 15.2. The Morgan fingerprint density at radius 1 is 1.43 bits per heavy atom. The minimum atomic E-state index is -1.11. The minimum absolute atomic E-state index is 0.000703. The third-order valence-electron chi connectivity index (χ3n) is 3.71. The molecule has 2 atom stereocenters. The van der Waals surface area contributed by atoms with Gasteiger partial charge in [0, 0.05) is 26.2 Å². The molecule has 8 heteroatoms. The van der Waals surface area contributed by atoms with Crippen LogP contribution in [-0.4, -0.2) is 66.3 Å². The summed E-state index contributed by atoms with van der Waals surface area (Å²) >= 11 is 0. The third-order valence-corrected chi connectivity index (χ3v) is 3.71. The summed E-state index contributed by atoms with van der Waals surface area (Å²) in [5.74, 6) is -1.53. The van der Waals surface area contributed by atoms with Gasteiger partial charge in [-0.2, -0.15) is 0 Å². The Kier molecular flexibility index (Phi) is 5.38. The summed E-state index contributed by atoms with van der Waals surface area (Å²) in [5.41, 5.74) is 0. The van der Waals surface area contributed by atoms with Crippen LogP contribution >= 0.6 is 0 Å². The number of piperazine rings is 1. The van der Waals surface area contributed by atoms with Crippen LogP contribution in [0.2, 0.25) is 0 Å². The van der Waals surface area contributed by atoms with Crippen molar-refractivity contribution in [2.75, 3.05) is 26.2 Å². The first-order chi connectivity index (χ1) is 10.1. The van der Waals surface area contributed by atoms with Crippen LogP contribution in [0.4, 0.5) is 4.79 Å². The highest BCUT2D eigenvalue weighted by atomic mass is 16.5. The Balaban J connectivity index is 1.88. The second-order valence-electron chi connectivity index (χ2n) is 5.27. The molecule has 0 aromatic rings. The SMILES string of the molecule is O=C(O)CC1C(=O)NCCN1C(=O)NCC1CCCCO1. The van der Waals surface area contributed by atoms with Crippen molar-refractivity contribution in [2.24, 2.45) is 0 Å². The van der Waals surface area contributed by atoms with Gasteiger partial charge < -0.3 is 25.4 Å². The summed E-state index contributed by atoms with van der Waals surface area (Å²) in [6.45, 7) is 1.73. The molecule has 0 aromatic heterocycles. The van der Waals surface area contributed by atoms with Crippen LogP contribution in [0.25, 0.3) is 0 Å². The van der Waals surface area contributed by atoms with Crippen molar-refractivity contribution in [3.8, 4) is 0 Å². The van der Waals surface area contributed by atoms with Crippen molar-refractivity contribution in [3.05, 3.63) is 0 Å². The first-order valence-corrected chi connectivity index (χ1v) is 7.23. The Hall–Kier alpha value is -1.83. The smallest absolute Gasteiger partial charge is 0.318 e. The van der Waals surface area contributed by atoms with Gasteiger partial charge in [-0.15, -0.1) is 0 Å². The number of hydrogen-bond acceptors (Lipinski definition) is 4. The van der Waals surface area contributed by atoms with Crippen molar-refractivity contribution in [1.82, 2.24) is 15.5 Å². The largest absolute Gasteiger partial charge is 0.481 e. The molecule has 2 aliphatic rings. The van der Waals surface area contributed by atoms with Gasteiger partial charge in [-0.3, -0.25) is 9.59 Å². The predicted molar refractivity (Wildman–Crippen MR) is 72.7 cm³/mol. The number of carboxylic acids is 1. The highest BCUT2D eigenvalue weighted by molar-refractivity contribution is 5.91. The number of carbonyl (C=O) groups excluding carboxylic acids is 2. The van der Waals surface area contributed by atoms with Gasteiger partial charge in [0.25, 0.3) is 0 Å². The molecule has 2 saturated heterocycles. The maximum atomic E-state index is 12.2. The molecule has 0 radical (unpaired) electrons. The molecule has 3 amide bonds. The lowest BCUT2D eigenvalue weighted by Crippen LogP contribution is -2.60. The van der Waals surface area contributed by atoms with Gasteiger partial charge in [-0.05, 0) is 19.3 Å². The fourth-order valence-electron chi connectivity index (χ4n) is 2.60. The lowest BCUT2D eigenvalue weighted by molar-refractivity contribution is -0.142. The standard InChI is InChI=1S/C13H21N3O5/c17-11(18)7-10-12(19)14-4-5-16(10)13(20)15-8-9-3-1-2-6-21-9/h9-10H,1-8H2,(H,14,19)(H,15,20)(H,17,18). The summed E-state index contributed by atoms with van der Waals surface area (Å²) in [6, 6.07) is -1.37. The fourth-order valence-corrected chi connectivity index (χ4v) is 2.60. The van der Waals surface area contributed by atoms with Crippen molar-refractivity contribution in [3.63, 3.8) is 0 Å². The second-order valence-corrected chi connectivity index (χ2v) is 5.27. The summed E-state index contributed by atoms with van der Waals surface area (Å²) in [6.07, 6.45) is 2.63. The molecule has 3 N–H and O–H groups in total. The Bertz CT molecular complexity index is 409. The summed E-state index contributed by atoms with van der Waals surface area (Å²) < 4.78 is 5.52. The lowest BCUT2D eigenvalue weighted by atomic mass is 10.1. The highest BCUT2D eigenvalue weighted by Crippen LogP contribution is 2.13. The van der Waals surface area contributed by atoms with Crippen LogP contribution in [0.1, 0.15) is 25.7 Å². The molecular formula is C13H21N3O5.